The summed E-state index contributed by atoms with van der Waals surface area (Å²) in [6.07, 6.45) is 0.895. The highest BCUT2D eigenvalue weighted by molar-refractivity contribution is 7.48. The van der Waals surface area contributed by atoms with Crippen LogP contribution < -0.4 is 5.30 Å². The Morgan fingerprint density at radius 1 is 1.36 bits per heavy atom. The largest absolute Gasteiger partial charge is 0.548 e. The van der Waals surface area contributed by atoms with Crippen LogP contribution in [0.4, 0.5) is 0 Å². The third-order valence-electron chi connectivity index (χ3n) is 1.96. The minimum absolute atomic E-state index is 0.558. The molecule has 3 heteroatoms. The summed E-state index contributed by atoms with van der Waals surface area (Å²) in [5, 5.41) is 0.819. The van der Waals surface area contributed by atoms with E-state index >= 15 is 0 Å². The summed E-state index contributed by atoms with van der Waals surface area (Å²) in [7, 11) is -1.66. The van der Waals surface area contributed by atoms with E-state index in [2.05, 4.69) is 0 Å². The van der Waals surface area contributed by atoms with Gasteiger partial charge in [-0.05, 0) is 30.9 Å². The first-order valence-corrected chi connectivity index (χ1v) is 6.00. The van der Waals surface area contributed by atoms with Gasteiger partial charge in [0.25, 0.3) is 0 Å². The van der Waals surface area contributed by atoms with Crippen LogP contribution in [0, 0.1) is 13.8 Å². The van der Waals surface area contributed by atoms with Crippen molar-refractivity contribution in [1.29, 1.82) is 0 Å². The summed E-state index contributed by atoms with van der Waals surface area (Å²) in [5.41, 5.74) is 2.23. The smallest absolute Gasteiger partial charge is 0.142 e. The van der Waals surface area contributed by atoms with E-state index in [-0.39, 0.29) is 0 Å². The number of hydrogen-bond acceptors (Lipinski definition) is 2. The molecule has 0 aliphatic heterocycles. The van der Waals surface area contributed by atoms with Crippen molar-refractivity contribution >= 4 is 13.3 Å². The lowest BCUT2D eigenvalue weighted by atomic mass is 10.2. The second kappa shape index (κ2) is 5.23. The zero-order chi connectivity index (χ0) is 10.6. The van der Waals surface area contributed by atoms with E-state index in [1.807, 2.05) is 39.0 Å². The molecular formula is C11H16O2P+. The molecule has 0 aliphatic carbocycles. The lowest BCUT2D eigenvalue weighted by Gasteiger charge is -1.95. The fourth-order valence-corrected chi connectivity index (χ4v) is 2.29. The third-order valence-corrected chi connectivity index (χ3v) is 3.27. The normalized spacial score (nSPS) is 11.5. The standard InChI is InChI=1S/C11H16O2P/c1-4-7-13-14(12)11-6-5-9(2)8-10(11)3/h5-6,8H,4,7H2,1-3H3/q+1. The maximum absolute atomic E-state index is 11.7. The summed E-state index contributed by atoms with van der Waals surface area (Å²) in [5.74, 6) is 0. The molecule has 0 aliphatic rings. The summed E-state index contributed by atoms with van der Waals surface area (Å²) < 4.78 is 16.9. The van der Waals surface area contributed by atoms with Crippen molar-refractivity contribution < 1.29 is 9.09 Å². The lowest BCUT2D eigenvalue weighted by molar-refractivity contribution is 0.335. The van der Waals surface area contributed by atoms with Gasteiger partial charge in [0.2, 0.25) is 5.30 Å². The van der Waals surface area contributed by atoms with Gasteiger partial charge < -0.3 is 0 Å². The first-order chi connectivity index (χ1) is 6.65. The van der Waals surface area contributed by atoms with Gasteiger partial charge in [-0.25, -0.2) is 0 Å². The van der Waals surface area contributed by atoms with E-state index in [9.17, 15) is 4.57 Å². The van der Waals surface area contributed by atoms with Gasteiger partial charge in [-0.15, -0.1) is 4.52 Å². The van der Waals surface area contributed by atoms with Gasteiger partial charge in [0.05, 0.1) is 0 Å². The van der Waals surface area contributed by atoms with Crippen molar-refractivity contribution in [3.8, 4) is 0 Å². The highest BCUT2D eigenvalue weighted by Gasteiger charge is 2.23. The zero-order valence-electron chi connectivity index (χ0n) is 8.91. The van der Waals surface area contributed by atoms with Crippen molar-refractivity contribution in [1.82, 2.24) is 0 Å². The molecule has 1 rings (SSSR count). The highest BCUT2D eigenvalue weighted by atomic mass is 31.1. The van der Waals surface area contributed by atoms with E-state index in [4.69, 9.17) is 4.52 Å². The molecule has 0 saturated carbocycles. The molecule has 1 aromatic rings. The summed E-state index contributed by atoms with van der Waals surface area (Å²) in [6, 6.07) is 5.88. The van der Waals surface area contributed by atoms with Crippen molar-refractivity contribution in [3.63, 3.8) is 0 Å². The van der Waals surface area contributed by atoms with Crippen LogP contribution in [0.1, 0.15) is 24.5 Å². The Hall–Kier alpha value is -0.720. The molecule has 0 spiro atoms. The van der Waals surface area contributed by atoms with E-state index in [0.717, 1.165) is 17.3 Å². The predicted octanol–water partition coefficient (Wildman–Crippen LogP) is 3.10. The average Bonchev–Trinajstić information content (AvgIpc) is 2.14. The third kappa shape index (κ3) is 2.90. The number of rotatable bonds is 4. The van der Waals surface area contributed by atoms with E-state index in [1.165, 1.54) is 5.56 Å². The van der Waals surface area contributed by atoms with Gasteiger partial charge in [0.1, 0.15) is 6.61 Å². The summed E-state index contributed by atoms with van der Waals surface area (Å²) in [4.78, 5) is 0. The molecule has 0 saturated heterocycles. The van der Waals surface area contributed by atoms with E-state index < -0.39 is 8.03 Å². The first kappa shape index (κ1) is 11.4. The maximum Gasteiger partial charge on any atom is 0.548 e. The number of aryl methyl sites for hydroxylation is 2. The Morgan fingerprint density at radius 2 is 2.07 bits per heavy atom. The Balaban J connectivity index is 2.80. The molecule has 0 fully saturated rings. The highest BCUT2D eigenvalue weighted by Crippen LogP contribution is 2.23. The molecule has 1 unspecified atom stereocenters. The molecule has 2 nitrogen and oxygen atoms in total. The SMILES string of the molecule is CCCO[P+](=O)c1ccc(C)cc1C. The van der Waals surface area contributed by atoms with Crippen molar-refractivity contribution in [2.24, 2.45) is 0 Å². The molecule has 14 heavy (non-hydrogen) atoms. The molecule has 0 aromatic heterocycles. The predicted molar refractivity (Wildman–Crippen MR) is 59.4 cm³/mol. The number of benzene rings is 1. The molecule has 1 atom stereocenters. The quantitative estimate of drug-likeness (QED) is 0.715. The topological polar surface area (TPSA) is 26.3 Å². The van der Waals surface area contributed by atoms with Crippen molar-refractivity contribution in [3.05, 3.63) is 29.3 Å². The van der Waals surface area contributed by atoms with E-state index in [1.54, 1.807) is 0 Å². The van der Waals surface area contributed by atoms with Gasteiger partial charge in [0, 0.05) is 5.56 Å². The Kier molecular flexibility index (Phi) is 4.24. The van der Waals surface area contributed by atoms with Crippen LogP contribution in [-0.4, -0.2) is 6.61 Å². The van der Waals surface area contributed by atoms with Crippen LogP contribution >= 0.6 is 8.03 Å². The van der Waals surface area contributed by atoms with E-state index in [0.29, 0.717) is 6.61 Å². The molecule has 0 heterocycles. The van der Waals surface area contributed by atoms with Crippen LogP contribution in [0.2, 0.25) is 0 Å². The van der Waals surface area contributed by atoms with Crippen LogP contribution in [0.25, 0.3) is 0 Å². The first-order valence-electron chi connectivity index (χ1n) is 4.82. The lowest BCUT2D eigenvalue weighted by Crippen LogP contribution is -2.03. The maximum atomic E-state index is 11.7. The van der Waals surface area contributed by atoms with Crippen LogP contribution in [0.5, 0.6) is 0 Å². The van der Waals surface area contributed by atoms with Gasteiger partial charge in [-0.3, -0.25) is 0 Å². The monoisotopic (exact) mass is 211 g/mol. The van der Waals surface area contributed by atoms with Gasteiger partial charge in [-0.2, -0.15) is 0 Å². The van der Waals surface area contributed by atoms with Crippen LogP contribution in [0.3, 0.4) is 0 Å². The Morgan fingerprint density at radius 3 is 2.64 bits per heavy atom. The molecule has 1 aromatic carbocycles. The fourth-order valence-electron chi connectivity index (χ4n) is 1.25. The van der Waals surface area contributed by atoms with Crippen molar-refractivity contribution in [2.75, 3.05) is 6.61 Å². The second-order valence-corrected chi connectivity index (χ2v) is 4.63. The van der Waals surface area contributed by atoms with Gasteiger partial charge in [0.15, 0.2) is 0 Å². The second-order valence-electron chi connectivity index (χ2n) is 3.38. The molecule has 76 valence electrons. The number of hydrogen-bond donors (Lipinski definition) is 0. The van der Waals surface area contributed by atoms with Gasteiger partial charge >= 0.3 is 8.03 Å². The zero-order valence-corrected chi connectivity index (χ0v) is 9.80. The fraction of sp³-hybridized carbons (Fsp3) is 0.455. The van der Waals surface area contributed by atoms with Crippen LogP contribution in [-0.2, 0) is 9.09 Å². The molecule has 0 N–H and O–H groups in total. The summed E-state index contributed by atoms with van der Waals surface area (Å²) >= 11 is 0. The Bertz CT molecular complexity index is 334. The van der Waals surface area contributed by atoms with Gasteiger partial charge in [-0.1, -0.05) is 24.6 Å². The van der Waals surface area contributed by atoms with Crippen LogP contribution in [0.15, 0.2) is 18.2 Å². The minimum Gasteiger partial charge on any atom is -0.142 e. The molecule has 0 amide bonds. The molecule has 0 bridgehead atoms. The van der Waals surface area contributed by atoms with Crippen molar-refractivity contribution in [2.45, 2.75) is 27.2 Å². The Labute approximate surface area is 86.2 Å². The molecule has 0 radical (unpaired) electrons. The minimum atomic E-state index is -1.66. The molecular weight excluding hydrogens is 195 g/mol. The average molecular weight is 211 g/mol. The summed E-state index contributed by atoms with van der Waals surface area (Å²) in [6.45, 7) is 6.55.